The fourth-order valence-corrected chi connectivity index (χ4v) is 5.36. The van der Waals surface area contributed by atoms with E-state index < -0.39 is 0 Å². The molecule has 1 N–H and O–H groups in total. The molecular formula is C27H27N3O2. The number of carbonyl (C=O) groups excluding carboxylic acids is 1. The number of aromatic nitrogens is 1. The van der Waals surface area contributed by atoms with Crippen LogP contribution in [0.1, 0.15) is 34.3 Å². The van der Waals surface area contributed by atoms with Crippen LogP contribution in [0.3, 0.4) is 0 Å². The number of rotatable bonds is 3. The number of nitrogens with zero attached hydrogens (tertiary/aromatic N) is 2. The highest BCUT2D eigenvalue weighted by molar-refractivity contribution is 6.11. The fourth-order valence-electron chi connectivity index (χ4n) is 5.36. The molecule has 0 saturated carbocycles. The molecule has 1 fully saturated rings. The van der Waals surface area contributed by atoms with E-state index in [2.05, 4.69) is 77.7 Å². The highest BCUT2D eigenvalue weighted by Crippen LogP contribution is 2.36. The van der Waals surface area contributed by atoms with Crippen molar-refractivity contribution in [3.63, 3.8) is 0 Å². The predicted octanol–water partition coefficient (Wildman–Crippen LogP) is 4.93. The second-order valence-electron chi connectivity index (χ2n) is 8.91. The maximum absolute atomic E-state index is 13.6. The van der Waals surface area contributed by atoms with Crippen LogP contribution in [-0.2, 0) is 18.2 Å². The van der Waals surface area contributed by atoms with E-state index in [1.165, 1.54) is 27.4 Å². The molecule has 0 bridgehead atoms. The molecule has 32 heavy (non-hydrogen) atoms. The Hall–Kier alpha value is -3.31. The van der Waals surface area contributed by atoms with Gasteiger partial charge < -0.3 is 19.5 Å². The molecule has 2 aliphatic rings. The maximum Gasteiger partial charge on any atom is 0.257 e. The van der Waals surface area contributed by atoms with Crippen LogP contribution in [-0.4, -0.2) is 41.3 Å². The number of hydrogen-bond acceptors (Lipinski definition) is 3. The number of hydrogen-bond donors (Lipinski definition) is 1. The van der Waals surface area contributed by atoms with Gasteiger partial charge >= 0.3 is 0 Å². The SMILES string of the molecule is Cn1ccc2c(Cc3cc4c(c5ccccc35)NCN(C3CCOCC3)C4=O)cccc21. The lowest BCUT2D eigenvalue weighted by atomic mass is 9.91. The van der Waals surface area contributed by atoms with E-state index >= 15 is 0 Å². The van der Waals surface area contributed by atoms with Crippen molar-refractivity contribution in [2.45, 2.75) is 25.3 Å². The van der Waals surface area contributed by atoms with E-state index in [1.807, 2.05) is 4.90 Å². The summed E-state index contributed by atoms with van der Waals surface area (Å²) in [4.78, 5) is 15.6. The van der Waals surface area contributed by atoms with Crippen molar-refractivity contribution in [3.8, 4) is 0 Å². The van der Waals surface area contributed by atoms with Crippen molar-refractivity contribution < 1.29 is 9.53 Å². The summed E-state index contributed by atoms with van der Waals surface area (Å²) in [7, 11) is 2.08. The van der Waals surface area contributed by atoms with Gasteiger partial charge in [-0.3, -0.25) is 4.79 Å². The third-order valence-electron chi connectivity index (χ3n) is 7.08. The smallest absolute Gasteiger partial charge is 0.257 e. The van der Waals surface area contributed by atoms with E-state index in [-0.39, 0.29) is 11.9 Å². The fraction of sp³-hybridized carbons (Fsp3) is 0.296. The van der Waals surface area contributed by atoms with Gasteiger partial charge in [0.05, 0.1) is 17.9 Å². The Balaban J connectivity index is 1.46. The molecule has 2 aliphatic heterocycles. The first-order chi connectivity index (χ1) is 15.7. The van der Waals surface area contributed by atoms with E-state index in [4.69, 9.17) is 4.74 Å². The molecule has 5 nitrogen and oxygen atoms in total. The van der Waals surface area contributed by atoms with E-state index in [1.54, 1.807) is 0 Å². The van der Waals surface area contributed by atoms with Crippen molar-refractivity contribution in [2.24, 2.45) is 7.05 Å². The second kappa shape index (κ2) is 7.68. The third kappa shape index (κ3) is 3.07. The zero-order valence-electron chi connectivity index (χ0n) is 18.3. The molecule has 1 aromatic heterocycles. The molecule has 1 amide bonds. The summed E-state index contributed by atoms with van der Waals surface area (Å²) < 4.78 is 7.67. The van der Waals surface area contributed by atoms with Gasteiger partial charge in [-0.1, -0.05) is 36.4 Å². The largest absolute Gasteiger partial charge is 0.381 e. The van der Waals surface area contributed by atoms with Gasteiger partial charge in [0.2, 0.25) is 0 Å². The average molecular weight is 426 g/mol. The standard InChI is InChI=1S/C27H27N3O2/c1-29-12-9-22-18(5-4-8-25(22)29)15-19-16-24-26(23-7-3-2-6-21(19)23)28-17-30(27(24)31)20-10-13-32-14-11-20/h2-9,12,16,20,28H,10-11,13-15,17H2,1H3. The lowest BCUT2D eigenvalue weighted by molar-refractivity contribution is 0.0301. The Morgan fingerprint density at radius 3 is 2.62 bits per heavy atom. The monoisotopic (exact) mass is 425 g/mol. The van der Waals surface area contributed by atoms with Crippen molar-refractivity contribution in [2.75, 3.05) is 25.2 Å². The van der Waals surface area contributed by atoms with E-state index in [0.717, 1.165) is 49.1 Å². The van der Waals surface area contributed by atoms with Gasteiger partial charge in [0, 0.05) is 48.8 Å². The summed E-state index contributed by atoms with van der Waals surface area (Å²) in [5.74, 6) is 0.135. The lowest BCUT2D eigenvalue weighted by Gasteiger charge is -2.38. The number of amides is 1. The summed E-state index contributed by atoms with van der Waals surface area (Å²) in [5.41, 5.74) is 5.46. The lowest BCUT2D eigenvalue weighted by Crippen LogP contribution is -2.48. The van der Waals surface area contributed by atoms with Gasteiger partial charge in [0.15, 0.2) is 0 Å². The quantitative estimate of drug-likeness (QED) is 0.506. The minimum Gasteiger partial charge on any atom is -0.381 e. The van der Waals surface area contributed by atoms with Crippen molar-refractivity contribution in [1.29, 1.82) is 0 Å². The molecule has 0 spiro atoms. The topological polar surface area (TPSA) is 46.5 Å². The van der Waals surface area contributed by atoms with E-state index in [9.17, 15) is 4.79 Å². The van der Waals surface area contributed by atoms with Gasteiger partial charge in [-0.05, 0) is 54.0 Å². The molecule has 5 heteroatoms. The number of fused-ring (bicyclic) bond motifs is 4. The molecule has 0 atom stereocenters. The Morgan fingerprint density at radius 1 is 0.969 bits per heavy atom. The number of anilines is 1. The van der Waals surface area contributed by atoms with Crippen LogP contribution in [0.5, 0.6) is 0 Å². The number of nitrogens with one attached hydrogen (secondary N) is 1. The summed E-state index contributed by atoms with van der Waals surface area (Å²) in [6, 6.07) is 19.5. The van der Waals surface area contributed by atoms with Crippen molar-refractivity contribution in [3.05, 3.63) is 77.5 Å². The van der Waals surface area contributed by atoms with E-state index in [0.29, 0.717) is 6.67 Å². The van der Waals surface area contributed by atoms with Crippen LogP contribution < -0.4 is 5.32 Å². The number of aryl methyl sites for hydroxylation is 1. The second-order valence-corrected chi connectivity index (χ2v) is 8.91. The van der Waals surface area contributed by atoms with Crippen LogP contribution >= 0.6 is 0 Å². The molecule has 162 valence electrons. The molecule has 3 heterocycles. The normalized spacial score (nSPS) is 17.0. The summed E-state index contributed by atoms with van der Waals surface area (Å²) in [6.07, 6.45) is 4.70. The molecular weight excluding hydrogens is 398 g/mol. The number of carbonyl (C=O) groups is 1. The first kappa shape index (κ1) is 19.4. The Labute approximate surface area is 187 Å². The first-order valence-corrected chi connectivity index (χ1v) is 11.4. The first-order valence-electron chi connectivity index (χ1n) is 11.4. The molecule has 1 saturated heterocycles. The Kier molecular flexibility index (Phi) is 4.65. The van der Waals surface area contributed by atoms with Gasteiger partial charge in [0.1, 0.15) is 0 Å². The summed E-state index contributed by atoms with van der Waals surface area (Å²) in [6.45, 7) is 2.01. The zero-order chi connectivity index (χ0) is 21.7. The van der Waals surface area contributed by atoms with Crippen LogP contribution in [0.2, 0.25) is 0 Å². The van der Waals surface area contributed by atoms with Gasteiger partial charge in [0.25, 0.3) is 5.91 Å². The Bertz CT molecular complexity index is 1330. The van der Waals surface area contributed by atoms with Crippen molar-refractivity contribution in [1.82, 2.24) is 9.47 Å². The van der Waals surface area contributed by atoms with Crippen LogP contribution in [0.4, 0.5) is 5.69 Å². The molecule has 0 unspecified atom stereocenters. The highest BCUT2D eigenvalue weighted by atomic mass is 16.5. The van der Waals surface area contributed by atoms with Gasteiger partial charge in [-0.2, -0.15) is 0 Å². The minimum absolute atomic E-state index is 0.135. The highest BCUT2D eigenvalue weighted by Gasteiger charge is 2.32. The minimum atomic E-state index is 0.135. The summed E-state index contributed by atoms with van der Waals surface area (Å²) >= 11 is 0. The van der Waals surface area contributed by atoms with Crippen LogP contribution in [0, 0.1) is 0 Å². The summed E-state index contributed by atoms with van der Waals surface area (Å²) in [5, 5.41) is 7.17. The van der Waals surface area contributed by atoms with Crippen molar-refractivity contribution >= 4 is 33.3 Å². The van der Waals surface area contributed by atoms with Crippen LogP contribution in [0.15, 0.2) is 60.8 Å². The molecule has 4 aromatic rings. The molecule has 3 aromatic carbocycles. The zero-order valence-corrected chi connectivity index (χ0v) is 18.3. The number of ether oxygens (including phenoxy) is 1. The third-order valence-corrected chi connectivity index (χ3v) is 7.08. The van der Waals surface area contributed by atoms with Gasteiger partial charge in [-0.25, -0.2) is 0 Å². The maximum atomic E-state index is 13.6. The molecule has 6 rings (SSSR count). The molecule has 0 aliphatic carbocycles. The molecule has 0 radical (unpaired) electrons. The Morgan fingerprint density at radius 2 is 1.78 bits per heavy atom. The predicted molar refractivity (Wildman–Crippen MR) is 128 cm³/mol. The average Bonchev–Trinajstić information content (AvgIpc) is 3.22. The number of benzene rings is 3. The van der Waals surface area contributed by atoms with Gasteiger partial charge in [-0.15, -0.1) is 0 Å². The van der Waals surface area contributed by atoms with Crippen LogP contribution in [0.25, 0.3) is 21.7 Å².